The van der Waals surface area contributed by atoms with Gasteiger partial charge in [0.05, 0.1) is 12.7 Å². The molecule has 3 nitrogen and oxygen atoms in total. The topological polar surface area (TPSA) is 35.5 Å². The van der Waals surface area contributed by atoms with Crippen LogP contribution in [-0.4, -0.2) is 13.3 Å². The molecule has 1 rings (SSSR count). The van der Waals surface area contributed by atoms with E-state index in [0.717, 1.165) is 25.3 Å². The highest BCUT2D eigenvalue weighted by Gasteiger charge is 2.15. The Kier molecular flexibility index (Phi) is 3.54. The average Bonchev–Trinajstić information content (AvgIpc) is 2.20. The fourth-order valence-electron chi connectivity index (χ4n) is 0.890. The van der Waals surface area contributed by atoms with Crippen molar-refractivity contribution in [3.05, 3.63) is 29.6 Å². The lowest BCUT2D eigenvalue weighted by molar-refractivity contribution is 0.120. The van der Waals surface area contributed by atoms with Crippen LogP contribution in [0.4, 0.5) is 18.0 Å². The normalized spacial score (nSPS) is 10.2. The molecule has 15 heavy (non-hydrogen) atoms. The number of hydrogen-bond acceptors (Lipinski definition) is 3. The molecule has 0 aliphatic rings. The number of methoxy groups -OCH3 is 1. The van der Waals surface area contributed by atoms with Gasteiger partial charge in [0.2, 0.25) is 0 Å². The van der Waals surface area contributed by atoms with Gasteiger partial charge in [0.15, 0.2) is 0 Å². The molecule has 0 radical (unpaired) electrons. The smallest absolute Gasteiger partial charge is 0.437 e. The molecule has 0 fully saturated rings. The van der Waals surface area contributed by atoms with Crippen molar-refractivity contribution in [1.29, 1.82) is 0 Å². The second kappa shape index (κ2) is 4.68. The fourth-order valence-corrected chi connectivity index (χ4v) is 0.890. The maximum Gasteiger partial charge on any atom is 0.513 e. The van der Waals surface area contributed by atoms with Crippen molar-refractivity contribution in [3.63, 3.8) is 0 Å². The lowest BCUT2D eigenvalue weighted by Gasteiger charge is -2.05. The molecular formula is C9H7F3O3. The SMILES string of the molecule is COC(=O)Oc1ccc(F)c(C(F)F)c1. The van der Waals surface area contributed by atoms with Gasteiger partial charge in [0.25, 0.3) is 6.43 Å². The van der Waals surface area contributed by atoms with E-state index in [9.17, 15) is 18.0 Å². The van der Waals surface area contributed by atoms with Crippen molar-refractivity contribution < 1.29 is 27.4 Å². The van der Waals surface area contributed by atoms with Gasteiger partial charge in [-0.05, 0) is 18.2 Å². The van der Waals surface area contributed by atoms with E-state index in [1.807, 2.05) is 0 Å². The molecule has 0 aliphatic heterocycles. The predicted octanol–water partition coefficient (Wildman–Crippen LogP) is 2.91. The lowest BCUT2D eigenvalue weighted by atomic mass is 10.2. The summed E-state index contributed by atoms with van der Waals surface area (Å²) in [5.74, 6) is -1.25. The minimum absolute atomic E-state index is 0.196. The summed E-state index contributed by atoms with van der Waals surface area (Å²) in [7, 11) is 1.07. The molecule has 0 saturated heterocycles. The Bertz CT molecular complexity index is 366. The molecule has 0 atom stereocenters. The predicted molar refractivity (Wildman–Crippen MR) is 44.4 cm³/mol. The molecule has 0 aromatic heterocycles. The highest BCUT2D eigenvalue weighted by Crippen LogP contribution is 2.26. The minimum atomic E-state index is -2.97. The van der Waals surface area contributed by atoms with Gasteiger partial charge in [0, 0.05) is 0 Å². The molecule has 0 bridgehead atoms. The van der Waals surface area contributed by atoms with Crippen molar-refractivity contribution in [3.8, 4) is 5.75 Å². The highest BCUT2D eigenvalue weighted by molar-refractivity contribution is 5.63. The van der Waals surface area contributed by atoms with Gasteiger partial charge < -0.3 is 9.47 Å². The lowest BCUT2D eigenvalue weighted by Crippen LogP contribution is -2.07. The Morgan fingerprint density at radius 2 is 2.07 bits per heavy atom. The zero-order valence-corrected chi connectivity index (χ0v) is 7.67. The fraction of sp³-hybridized carbons (Fsp3) is 0.222. The number of ether oxygens (including phenoxy) is 2. The Hall–Kier alpha value is -1.72. The van der Waals surface area contributed by atoms with E-state index >= 15 is 0 Å². The molecule has 0 saturated carbocycles. The van der Waals surface area contributed by atoms with Crippen LogP contribution in [0.15, 0.2) is 18.2 Å². The summed E-state index contributed by atoms with van der Waals surface area (Å²) in [5.41, 5.74) is -0.823. The Morgan fingerprint density at radius 3 is 2.60 bits per heavy atom. The van der Waals surface area contributed by atoms with E-state index in [2.05, 4.69) is 9.47 Å². The molecular weight excluding hydrogens is 213 g/mol. The second-order valence-electron chi connectivity index (χ2n) is 2.54. The van der Waals surface area contributed by atoms with Gasteiger partial charge in [-0.2, -0.15) is 0 Å². The summed E-state index contributed by atoms with van der Waals surface area (Å²) in [6.07, 6.45) is -4.02. The van der Waals surface area contributed by atoms with Gasteiger partial charge in [-0.25, -0.2) is 18.0 Å². The van der Waals surface area contributed by atoms with E-state index in [1.54, 1.807) is 0 Å². The van der Waals surface area contributed by atoms with Gasteiger partial charge in [-0.3, -0.25) is 0 Å². The van der Waals surface area contributed by atoms with Gasteiger partial charge in [-0.15, -0.1) is 0 Å². The summed E-state index contributed by atoms with van der Waals surface area (Å²) in [5, 5.41) is 0. The number of benzene rings is 1. The van der Waals surface area contributed by atoms with E-state index in [-0.39, 0.29) is 5.75 Å². The third-order valence-electron chi connectivity index (χ3n) is 1.57. The highest BCUT2D eigenvalue weighted by atomic mass is 19.3. The van der Waals surface area contributed by atoms with Crippen LogP contribution in [0.25, 0.3) is 0 Å². The van der Waals surface area contributed by atoms with Crippen LogP contribution in [-0.2, 0) is 4.74 Å². The van der Waals surface area contributed by atoms with Crippen LogP contribution in [0.5, 0.6) is 5.75 Å². The van der Waals surface area contributed by atoms with Gasteiger partial charge in [-0.1, -0.05) is 0 Å². The molecule has 1 aromatic carbocycles. The van der Waals surface area contributed by atoms with E-state index in [4.69, 9.17) is 0 Å². The molecule has 6 heteroatoms. The van der Waals surface area contributed by atoms with E-state index in [0.29, 0.717) is 0 Å². The van der Waals surface area contributed by atoms with Crippen LogP contribution in [0.3, 0.4) is 0 Å². The van der Waals surface area contributed by atoms with Crippen molar-refractivity contribution in [2.24, 2.45) is 0 Å². The Morgan fingerprint density at radius 1 is 1.40 bits per heavy atom. The molecule has 0 unspecified atom stereocenters. The van der Waals surface area contributed by atoms with Crippen LogP contribution in [0.2, 0.25) is 0 Å². The molecule has 0 spiro atoms. The Balaban J connectivity index is 2.92. The average molecular weight is 220 g/mol. The van der Waals surface area contributed by atoms with Gasteiger partial charge >= 0.3 is 6.16 Å². The first-order valence-electron chi connectivity index (χ1n) is 3.88. The summed E-state index contributed by atoms with van der Waals surface area (Å²) in [6.45, 7) is 0. The van der Waals surface area contributed by atoms with Crippen LogP contribution >= 0.6 is 0 Å². The first-order valence-corrected chi connectivity index (χ1v) is 3.88. The van der Waals surface area contributed by atoms with Crippen LogP contribution in [0.1, 0.15) is 12.0 Å². The molecule has 0 aliphatic carbocycles. The third kappa shape index (κ3) is 2.87. The maximum absolute atomic E-state index is 12.8. The molecule has 82 valence electrons. The summed E-state index contributed by atoms with van der Waals surface area (Å²) in [6, 6.07) is 2.59. The van der Waals surface area contributed by atoms with E-state index in [1.165, 1.54) is 0 Å². The quantitative estimate of drug-likeness (QED) is 0.567. The Labute approximate surface area is 83.4 Å². The number of carbonyl (C=O) groups is 1. The van der Waals surface area contributed by atoms with Crippen molar-refractivity contribution in [2.45, 2.75) is 6.43 Å². The summed E-state index contributed by atoms with van der Waals surface area (Å²) >= 11 is 0. The zero-order chi connectivity index (χ0) is 11.4. The van der Waals surface area contributed by atoms with Crippen LogP contribution in [0, 0.1) is 5.82 Å². The van der Waals surface area contributed by atoms with E-state index < -0.39 is 24.0 Å². The second-order valence-corrected chi connectivity index (χ2v) is 2.54. The number of carbonyl (C=O) groups excluding carboxylic acids is 1. The first kappa shape index (κ1) is 11.4. The maximum atomic E-state index is 12.8. The minimum Gasteiger partial charge on any atom is -0.437 e. The summed E-state index contributed by atoms with van der Waals surface area (Å²) in [4.78, 5) is 10.6. The molecule has 1 aromatic rings. The number of hydrogen-bond donors (Lipinski definition) is 0. The number of halogens is 3. The molecule has 0 heterocycles. The van der Waals surface area contributed by atoms with Crippen molar-refractivity contribution in [2.75, 3.05) is 7.11 Å². The van der Waals surface area contributed by atoms with Crippen molar-refractivity contribution in [1.82, 2.24) is 0 Å². The number of alkyl halides is 2. The molecule has 0 amide bonds. The number of rotatable bonds is 2. The standard InChI is InChI=1S/C9H7F3O3/c1-14-9(13)15-5-2-3-7(10)6(4-5)8(11)12/h2-4,8H,1H3. The molecule has 0 N–H and O–H groups in total. The third-order valence-corrected chi connectivity index (χ3v) is 1.57. The summed E-state index contributed by atoms with van der Waals surface area (Å²) < 4.78 is 45.8. The largest absolute Gasteiger partial charge is 0.513 e. The monoisotopic (exact) mass is 220 g/mol. The van der Waals surface area contributed by atoms with Crippen molar-refractivity contribution >= 4 is 6.16 Å². The van der Waals surface area contributed by atoms with Crippen LogP contribution < -0.4 is 4.74 Å². The van der Waals surface area contributed by atoms with Gasteiger partial charge in [0.1, 0.15) is 11.6 Å². The first-order chi connectivity index (χ1) is 7.04. The zero-order valence-electron chi connectivity index (χ0n) is 7.67.